The van der Waals surface area contributed by atoms with E-state index in [1.54, 1.807) is 6.92 Å². The van der Waals surface area contributed by atoms with Crippen LogP contribution < -0.4 is 15.1 Å². The molecule has 0 saturated carbocycles. The third-order valence-corrected chi connectivity index (χ3v) is 7.10. The van der Waals surface area contributed by atoms with Crippen LogP contribution >= 0.6 is 0 Å². The molecule has 0 aliphatic rings. The van der Waals surface area contributed by atoms with Crippen molar-refractivity contribution in [2.45, 2.75) is 70.3 Å². The fraction of sp³-hybridized carbons (Fsp3) is 0.545. The quantitative estimate of drug-likeness (QED) is 0.0391. The zero-order valence-corrected chi connectivity index (χ0v) is 27.1. The smallest absolute Gasteiger partial charge is 0.399 e. The molecule has 0 aliphatic heterocycles. The van der Waals surface area contributed by atoms with Gasteiger partial charge in [-0.1, -0.05) is 0 Å². The monoisotopic (exact) mass is 757 g/mol. The van der Waals surface area contributed by atoms with Gasteiger partial charge in [0.1, 0.15) is 17.4 Å². The number of aryl methyl sites for hydroxylation is 1. The number of aliphatic carboxylic acids is 1. The summed E-state index contributed by atoms with van der Waals surface area (Å²) in [5.41, 5.74) is -0.237. The summed E-state index contributed by atoms with van der Waals surface area (Å²) in [7, 11) is -16.4. The number of fused-ring (bicyclic) bond motifs is 1. The molecule has 1 heterocycles. The Morgan fingerprint density at radius 1 is 0.917 bits per heavy atom. The van der Waals surface area contributed by atoms with Gasteiger partial charge in [0.2, 0.25) is 12.6 Å². The normalized spacial score (nSPS) is 17.4. The molecule has 2 aromatic rings. The van der Waals surface area contributed by atoms with E-state index < -0.39 is 98.8 Å². The average Bonchev–Trinajstić information content (AvgIpc) is 2.89. The van der Waals surface area contributed by atoms with Crippen LogP contribution in [0.2, 0.25) is 0 Å². The molecule has 0 bridgehead atoms. The lowest BCUT2D eigenvalue weighted by atomic mass is 10.1. The van der Waals surface area contributed by atoms with Crippen molar-refractivity contribution in [1.29, 1.82) is 0 Å². The van der Waals surface area contributed by atoms with Gasteiger partial charge in [0.15, 0.2) is 12.3 Å². The Labute approximate surface area is 271 Å². The molecule has 0 amide bonds. The van der Waals surface area contributed by atoms with E-state index in [0.29, 0.717) is 10.9 Å². The number of nitrogens with one attached hydrogen (secondary N) is 1. The number of carboxylic acids is 1. The van der Waals surface area contributed by atoms with Crippen molar-refractivity contribution in [1.82, 2.24) is 4.72 Å². The maximum atomic E-state index is 12.2. The molecule has 0 radical (unpaired) electrons. The van der Waals surface area contributed by atoms with Gasteiger partial charge in [-0.2, -0.15) is 30.0 Å². The second kappa shape index (κ2) is 16.7. The number of rotatable bonds is 20. The highest BCUT2D eigenvalue weighted by molar-refractivity contribution is 7.84. The Kier molecular flexibility index (Phi) is 14.3. The van der Waals surface area contributed by atoms with E-state index in [1.165, 1.54) is 18.2 Å². The Bertz CT molecular complexity index is 1760. The Hall–Kier alpha value is -2.93. The first kappa shape index (κ1) is 41.2. The lowest BCUT2D eigenvalue weighted by molar-refractivity contribution is -0.282. The van der Waals surface area contributed by atoms with Crippen molar-refractivity contribution in [3.05, 3.63) is 40.2 Å². The van der Waals surface area contributed by atoms with Crippen molar-refractivity contribution in [3.63, 3.8) is 0 Å². The summed E-state index contributed by atoms with van der Waals surface area (Å²) in [6.45, 7) is 2.07. The van der Waals surface area contributed by atoms with E-state index in [0.717, 1.165) is 24.6 Å². The van der Waals surface area contributed by atoms with Gasteiger partial charge in [0.25, 0.3) is 6.29 Å². The second-order valence-electron chi connectivity index (χ2n) is 9.58. The van der Waals surface area contributed by atoms with Gasteiger partial charge in [-0.05, 0) is 38.5 Å². The first-order chi connectivity index (χ1) is 21.8. The van der Waals surface area contributed by atoms with E-state index in [9.17, 15) is 59.8 Å². The zero-order chi connectivity index (χ0) is 36.8. The minimum absolute atomic E-state index is 0.0167. The zero-order valence-electron chi connectivity index (χ0n) is 24.6. The molecule has 26 heteroatoms. The van der Waals surface area contributed by atoms with Crippen molar-refractivity contribution in [3.8, 4) is 5.75 Å². The molecule has 1 aromatic carbocycles. The molecule has 0 aliphatic carbocycles. The first-order valence-electron chi connectivity index (χ1n) is 12.8. The van der Waals surface area contributed by atoms with Crippen LogP contribution in [0, 0.1) is 6.92 Å². The van der Waals surface area contributed by atoms with Crippen molar-refractivity contribution in [2.24, 2.45) is 0 Å². The first-order valence-corrected chi connectivity index (χ1v) is 17.0. The lowest BCUT2D eigenvalue weighted by Gasteiger charge is -2.34. The highest BCUT2D eigenvalue weighted by Crippen LogP contribution is 2.25. The molecular weight excluding hydrogens is 726 g/mol. The highest BCUT2D eigenvalue weighted by atomic mass is 32.3. The van der Waals surface area contributed by atoms with Crippen LogP contribution in [0.15, 0.2) is 33.5 Å². The van der Waals surface area contributed by atoms with Gasteiger partial charge in [-0.3, -0.25) is 13.7 Å². The third kappa shape index (κ3) is 13.9. The summed E-state index contributed by atoms with van der Waals surface area (Å²) in [5.74, 6) is -2.20. The summed E-state index contributed by atoms with van der Waals surface area (Å²) in [4.78, 5) is 23.9. The van der Waals surface area contributed by atoms with Gasteiger partial charge in [0.05, 0.1) is 18.8 Å². The average molecular weight is 758 g/mol. The van der Waals surface area contributed by atoms with Gasteiger partial charge in [-0.15, -0.1) is 0 Å². The summed E-state index contributed by atoms with van der Waals surface area (Å²) in [5, 5.41) is 40.0. The molecule has 23 nitrogen and oxygen atoms in total. The fourth-order valence-electron chi connectivity index (χ4n) is 3.66. The maximum absolute atomic E-state index is 12.2. The lowest BCUT2D eigenvalue weighted by Crippen LogP contribution is -2.54. The molecule has 1 aromatic heterocycles. The minimum atomic E-state index is -5.68. The summed E-state index contributed by atoms with van der Waals surface area (Å²) < 4.78 is 130. The van der Waals surface area contributed by atoms with Gasteiger partial charge in [-0.25, -0.2) is 18.0 Å². The Morgan fingerprint density at radius 2 is 1.54 bits per heavy atom. The second-order valence-corrected chi connectivity index (χ2v) is 12.9. The van der Waals surface area contributed by atoms with E-state index in [2.05, 4.69) is 8.37 Å². The summed E-state index contributed by atoms with van der Waals surface area (Å²) >= 11 is 0. The van der Waals surface area contributed by atoms with Crippen LogP contribution in [0.3, 0.4) is 0 Å². The molecular formula is C22H31NO22S3. The molecule has 48 heavy (non-hydrogen) atoms. The van der Waals surface area contributed by atoms with E-state index >= 15 is 0 Å². The number of hydrogen-bond acceptors (Lipinski definition) is 18. The van der Waals surface area contributed by atoms with E-state index in [1.807, 2.05) is 0 Å². The molecule has 6 unspecified atom stereocenters. The number of ether oxygens (including phenoxy) is 4. The molecule has 7 atom stereocenters. The van der Waals surface area contributed by atoms with Crippen molar-refractivity contribution in [2.75, 3.05) is 6.61 Å². The molecule has 0 fully saturated rings. The Morgan fingerprint density at radius 3 is 2.04 bits per heavy atom. The number of hydrogen-bond donors (Lipinski definition) is 8. The number of benzene rings is 1. The SMILES string of the molecule is Cc1cc(=O)oc2cc(OC(OC(C(=O)O)C(C)OC(OC(COS(=O)(=O)O)C(C)O)[C@@H](NS(=O)(=O)O)OS(=O)(=O)O)C(O)O)ccc12. The third-order valence-electron chi connectivity index (χ3n) is 5.68. The predicted octanol–water partition coefficient (Wildman–Crippen LogP) is -2.56. The molecule has 0 saturated heterocycles. The molecule has 2 rings (SSSR count). The van der Waals surface area contributed by atoms with Crippen molar-refractivity contribution >= 4 is 48.0 Å². The predicted molar refractivity (Wildman–Crippen MR) is 152 cm³/mol. The molecule has 8 N–H and O–H groups in total. The molecule has 274 valence electrons. The number of carboxylic acid groups (broad SMARTS) is 1. The van der Waals surface area contributed by atoms with Crippen LogP contribution in [0.4, 0.5) is 0 Å². The number of aliphatic hydroxyl groups excluding tert-OH is 2. The van der Waals surface area contributed by atoms with Crippen LogP contribution in [0.25, 0.3) is 11.0 Å². The van der Waals surface area contributed by atoms with Gasteiger partial charge >= 0.3 is 42.7 Å². The largest absolute Gasteiger partial charge is 0.479 e. The standard InChI is InChI=1S/C22H31NO22S3/c1-9-6-16(25)42-14-7-12(4-5-13(9)14)41-22(20(28)29)44-17(19(26)27)11(3)40-21(18(23-46(30,31)32)45-48(36,37)38)43-15(10(2)24)8-39-47(33,34)35/h4-7,10-11,15,17-18,20-24,28-29H,8H2,1-3H3,(H,26,27)(H,30,31,32)(H,33,34,35)(H,36,37,38)/t10?,11?,15?,17?,18-,21?,22?/m0/s1. The van der Waals surface area contributed by atoms with Crippen LogP contribution in [0.5, 0.6) is 5.75 Å². The van der Waals surface area contributed by atoms with E-state index in [-0.39, 0.29) is 11.3 Å². The number of aliphatic hydroxyl groups is 3. The van der Waals surface area contributed by atoms with Crippen LogP contribution in [-0.2, 0) is 58.5 Å². The molecule has 0 spiro atoms. The minimum Gasteiger partial charge on any atom is -0.479 e. The summed E-state index contributed by atoms with van der Waals surface area (Å²) in [6, 6.07) is 5.00. The highest BCUT2D eigenvalue weighted by Gasteiger charge is 2.40. The van der Waals surface area contributed by atoms with Gasteiger partial charge in [0, 0.05) is 17.5 Å². The Balaban J connectivity index is 2.47. The van der Waals surface area contributed by atoms with Crippen LogP contribution in [0.1, 0.15) is 19.4 Å². The maximum Gasteiger partial charge on any atom is 0.399 e. The van der Waals surface area contributed by atoms with E-state index in [4.69, 9.17) is 32.5 Å². The van der Waals surface area contributed by atoms with Crippen LogP contribution in [-0.4, -0.2) is 121 Å². The topological polar surface area (TPSA) is 359 Å². The van der Waals surface area contributed by atoms with Gasteiger partial charge < -0.3 is 43.8 Å². The fourth-order valence-corrected chi connectivity index (χ4v) is 4.88. The number of carbonyl (C=O) groups is 1. The summed E-state index contributed by atoms with van der Waals surface area (Å²) in [6.07, 6.45) is -18.7. The van der Waals surface area contributed by atoms with Crippen molar-refractivity contribution < 1.29 is 95.9 Å².